The van der Waals surface area contributed by atoms with Gasteiger partial charge < -0.3 is 21.1 Å². The molecule has 0 fully saturated rings. The molecule has 0 saturated heterocycles. The molecule has 0 bridgehead atoms. The Balaban J connectivity index is 1.53. The van der Waals surface area contributed by atoms with Gasteiger partial charge in [-0.2, -0.15) is 10.2 Å². The number of thiazole rings is 1. The highest BCUT2D eigenvalue weighted by atomic mass is 32.1. The van der Waals surface area contributed by atoms with E-state index in [0.29, 0.717) is 30.8 Å². The summed E-state index contributed by atoms with van der Waals surface area (Å²) in [5.74, 6) is 1.50. The Morgan fingerprint density at radius 3 is 2.81 bits per heavy atom. The zero-order valence-corrected chi connectivity index (χ0v) is 17.5. The molecule has 0 spiro atoms. The largest absolute Gasteiger partial charge is 0.491 e. The maximum atomic E-state index is 9.07. The molecule has 0 radical (unpaired) electrons. The molecule has 10 heteroatoms. The fourth-order valence-corrected chi connectivity index (χ4v) is 4.33. The third kappa shape index (κ3) is 3.45. The van der Waals surface area contributed by atoms with E-state index < -0.39 is 0 Å². The number of ether oxygens (including phenoxy) is 1. The van der Waals surface area contributed by atoms with E-state index in [1.807, 2.05) is 30.2 Å². The Morgan fingerprint density at radius 2 is 2.00 bits per heavy atom. The quantitative estimate of drug-likeness (QED) is 0.491. The zero-order valence-electron chi connectivity index (χ0n) is 16.7. The molecule has 1 aliphatic rings. The van der Waals surface area contributed by atoms with Crippen LogP contribution < -0.4 is 21.1 Å². The van der Waals surface area contributed by atoms with Gasteiger partial charge in [0.05, 0.1) is 12.7 Å². The van der Waals surface area contributed by atoms with E-state index in [4.69, 9.17) is 21.5 Å². The van der Waals surface area contributed by atoms with Crippen molar-refractivity contribution in [2.75, 3.05) is 29.5 Å². The second-order valence-corrected chi connectivity index (χ2v) is 8.24. The summed E-state index contributed by atoms with van der Waals surface area (Å²) in [6, 6.07) is 8.16. The first-order chi connectivity index (χ1) is 15.0. The van der Waals surface area contributed by atoms with Crippen LogP contribution in [0, 0.1) is 18.3 Å². The Bertz CT molecular complexity index is 1360. The minimum Gasteiger partial charge on any atom is -0.491 e. The summed E-state index contributed by atoms with van der Waals surface area (Å²) >= 11 is 1.37. The van der Waals surface area contributed by atoms with E-state index in [-0.39, 0.29) is 11.4 Å². The van der Waals surface area contributed by atoms with E-state index in [1.165, 1.54) is 17.5 Å². The molecule has 1 aromatic carbocycles. The highest BCUT2D eigenvalue weighted by molar-refractivity contribution is 7.21. The highest BCUT2D eigenvalue weighted by Crippen LogP contribution is 2.35. The minimum absolute atomic E-state index is 0.171. The van der Waals surface area contributed by atoms with Crippen LogP contribution in [-0.2, 0) is 6.54 Å². The van der Waals surface area contributed by atoms with Gasteiger partial charge in [0, 0.05) is 23.9 Å². The van der Waals surface area contributed by atoms with Gasteiger partial charge >= 0.3 is 0 Å². The fraction of sp³-hybridized carbons (Fsp3) is 0.190. The van der Waals surface area contributed by atoms with Crippen molar-refractivity contribution in [1.29, 1.82) is 5.26 Å². The van der Waals surface area contributed by atoms with Gasteiger partial charge in [-0.1, -0.05) is 11.3 Å². The van der Waals surface area contributed by atoms with E-state index >= 15 is 0 Å². The van der Waals surface area contributed by atoms with E-state index in [0.717, 1.165) is 38.4 Å². The smallest absolute Gasteiger partial charge is 0.227 e. The molecule has 4 N–H and O–H groups in total. The Labute approximate surface area is 182 Å². The van der Waals surface area contributed by atoms with Gasteiger partial charge in [0.1, 0.15) is 40.2 Å². The molecule has 3 aromatic heterocycles. The number of aryl methyl sites for hydroxylation is 1. The lowest BCUT2D eigenvalue weighted by Gasteiger charge is -2.20. The number of pyridine rings is 1. The number of hydrogen-bond donors (Lipinski definition) is 2. The van der Waals surface area contributed by atoms with Crippen LogP contribution in [0.3, 0.4) is 0 Å². The lowest BCUT2D eigenvalue weighted by Crippen LogP contribution is -2.27. The third-order valence-electron chi connectivity index (χ3n) is 5.13. The van der Waals surface area contributed by atoms with Crippen molar-refractivity contribution in [3.8, 4) is 22.9 Å². The summed E-state index contributed by atoms with van der Waals surface area (Å²) in [4.78, 5) is 20.3. The van der Waals surface area contributed by atoms with Crippen molar-refractivity contribution in [1.82, 2.24) is 19.9 Å². The molecule has 1 aliphatic heterocycles. The van der Waals surface area contributed by atoms with Crippen LogP contribution >= 0.6 is 11.3 Å². The Morgan fingerprint density at radius 1 is 1.13 bits per heavy atom. The standard InChI is InChI=1S/C21H18N8OS/c1-11-4-12(13-6-16-19(25-8-13)31-20(24)27-16)5-14-10-29(2-3-30-17(11)14)21-26-9-15(7-22)18(23)28-21/h4-6,8-9H,2-3,10H2,1H3,(H2,24,27)(H2,23,26,28). The molecule has 9 nitrogen and oxygen atoms in total. The van der Waals surface area contributed by atoms with Gasteiger partial charge in [0.15, 0.2) is 5.13 Å². The molecule has 154 valence electrons. The average molecular weight is 430 g/mol. The minimum atomic E-state index is 0.171. The first-order valence-corrected chi connectivity index (χ1v) is 10.4. The number of aromatic nitrogens is 4. The third-order valence-corrected chi connectivity index (χ3v) is 5.93. The van der Waals surface area contributed by atoms with Gasteiger partial charge in [-0.15, -0.1) is 0 Å². The molecule has 0 atom stereocenters. The number of fused-ring (bicyclic) bond motifs is 2. The van der Waals surface area contributed by atoms with Gasteiger partial charge in [0.2, 0.25) is 5.95 Å². The maximum Gasteiger partial charge on any atom is 0.227 e. The molecule has 5 rings (SSSR count). The molecule has 4 aromatic rings. The van der Waals surface area contributed by atoms with E-state index in [1.54, 1.807) is 0 Å². The number of rotatable bonds is 2. The number of hydrogen-bond acceptors (Lipinski definition) is 10. The van der Waals surface area contributed by atoms with Crippen LogP contribution in [0.1, 0.15) is 16.7 Å². The molecule has 4 heterocycles. The molecular weight excluding hydrogens is 412 g/mol. The van der Waals surface area contributed by atoms with Crippen molar-refractivity contribution in [2.45, 2.75) is 13.5 Å². The maximum absolute atomic E-state index is 9.07. The summed E-state index contributed by atoms with van der Waals surface area (Å²) in [6.45, 7) is 3.66. The molecular formula is C21H18N8OS. The highest BCUT2D eigenvalue weighted by Gasteiger charge is 2.21. The second kappa shape index (κ2) is 7.37. The van der Waals surface area contributed by atoms with Gasteiger partial charge in [0.25, 0.3) is 0 Å². The van der Waals surface area contributed by atoms with Gasteiger partial charge in [-0.3, -0.25) is 0 Å². The Hall–Kier alpha value is -3.97. The summed E-state index contributed by atoms with van der Waals surface area (Å²) in [5.41, 5.74) is 16.8. The topological polar surface area (TPSA) is 140 Å². The zero-order chi connectivity index (χ0) is 21.5. The number of nitrogen functional groups attached to an aromatic ring is 2. The number of benzene rings is 1. The van der Waals surface area contributed by atoms with Crippen LogP contribution in [0.4, 0.5) is 16.9 Å². The first-order valence-electron chi connectivity index (χ1n) is 9.58. The van der Waals surface area contributed by atoms with Crippen molar-refractivity contribution >= 4 is 38.6 Å². The van der Waals surface area contributed by atoms with Crippen LogP contribution in [0.25, 0.3) is 21.5 Å². The van der Waals surface area contributed by atoms with Crippen molar-refractivity contribution in [2.24, 2.45) is 0 Å². The summed E-state index contributed by atoms with van der Waals surface area (Å²) in [5, 5.41) is 9.58. The molecule has 0 saturated carbocycles. The van der Waals surface area contributed by atoms with Crippen LogP contribution in [0.5, 0.6) is 5.75 Å². The van der Waals surface area contributed by atoms with Crippen LogP contribution in [-0.4, -0.2) is 33.1 Å². The number of nitriles is 1. The molecule has 0 aliphatic carbocycles. The summed E-state index contributed by atoms with van der Waals surface area (Å²) in [7, 11) is 0. The van der Waals surface area contributed by atoms with E-state index in [9.17, 15) is 0 Å². The summed E-state index contributed by atoms with van der Waals surface area (Å²) in [6.07, 6.45) is 3.29. The Kier molecular flexibility index (Phi) is 4.52. The van der Waals surface area contributed by atoms with Crippen molar-refractivity contribution in [3.63, 3.8) is 0 Å². The van der Waals surface area contributed by atoms with E-state index in [2.05, 4.69) is 32.1 Å². The molecule has 31 heavy (non-hydrogen) atoms. The van der Waals surface area contributed by atoms with Crippen molar-refractivity contribution in [3.05, 3.63) is 47.3 Å². The summed E-state index contributed by atoms with van der Waals surface area (Å²) < 4.78 is 6.05. The number of anilines is 3. The van der Waals surface area contributed by atoms with Crippen LogP contribution in [0.2, 0.25) is 0 Å². The molecule has 0 amide bonds. The van der Waals surface area contributed by atoms with Crippen LogP contribution in [0.15, 0.2) is 30.6 Å². The average Bonchev–Trinajstić information content (AvgIpc) is 2.98. The SMILES string of the molecule is Cc1cc(-c2cnc3sc(N)nc3c2)cc2c1OCCN(c1ncc(C#N)c(N)n1)C2. The number of nitrogens with two attached hydrogens (primary N) is 2. The first kappa shape index (κ1) is 19.0. The monoisotopic (exact) mass is 430 g/mol. The number of nitrogens with zero attached hydrogens (tertiary/aromatic N) is 6. The second-order valence-electron chi connectivity index (χ2n) is 7.23. The lowest BCUT2D eigenvalue weighted by atomic mass is 10.00. The van der Waals surface area contributed by atoms with Gasteiger partial charge in [-0.25, -0.2) is 15.0 Å². The normalized spacial score (nSPS) is 13.4. The fourth-order valence-electron chi connectivity index (χ4n) is 3.67. The van der Waals surface area contributed by atoms with Crippen molar-refractivity contribution < 1.29 is 4.74 Å². The van der Waals surface area contributed by atoms with Gasteiger partial charge in [-0.05, 0) is 36.2 Å². The predicted molar refractivity (Wildman–Crippen MR) is 120 cm³/mol. The molecule has 0 unspecified atom stereocenters. The lowest BCUT2D eigenvalue weighted by molar-refractivity contribution is 0.329. The predicted octanol–water partition coefficient (Wildman–Crippen LogP) is 2.89.